The smallest absolute Gasteiger partial charge is 0.311 e. The number of rotatable bonds is 16. The maximum absolute atomic E-state index is 11.6. The topological polar surface area (TPSA) is 26.3 Å². The van der Waals surface area contributed by atoms with E-state index in [1.54, 1.807) is 0 Å². The fourth-order valence-corrected chi connectivity index (χ4v) is 2.39. The summed E-state index contributed by atoms with van der Waals surface area (Å²) in [6.07, 6.45) is 35.7. The standard InChI is InChI=1S/C28H44O2/c1-5-6-7-8-9-10-11-12-13-14-15-16-17-18-19-20-21-22-23-24-25-26-30-27(29)28(2,3)4/h6-7,9-10,12-13,15-16,18-19,21-22H,5,8,11,14,17,20,23-26H2,1-4H3/b7-6-,10-9-,13-12-,16-15-,19-18-,22-21-. The van der Waals surface area contributed by atoms with Gasteiger partial charge in [-0.05, 0) is 78.6 Å². The zero-order valence-electron chi connectivity index (χ0n) is 19.8. The summed E-state index contributed by atoms with van der Waals surface area (Å²) in [4.78, 5) is 11.6. The van der Waals surface area contributed by atoms with Gasteiger partial charge in [-0.25, -0.2) is 0 Å². The van der Waals surface area contributed by atoms with Gasteiger partial charge in [-0.3, -0.25) is 4.79 Å². The molecule has 0 spiro atoms. The Morgan fingerprint density at radius 3 is 1.43 bits per heavy atom. The molecule has 0 heterocycles. The van der Waals surface area contributed by atoms with Gasteiger partial charge >= 0.3 is 5.97 Å². The third-order valence-corrected chi connectivity index (χ3v) is 4.21. The average molecular weight is 413 g/mol. The molecule has 0 rings (SSSR count). The highest BCUT2D eigenvalue weighted by Crippen LogP contribution is 2.15. The maximum atomic E-state index is 11.6. The van der Waals surface area contributed by atoms with Crippen molar-refractivity contribution in [3.05, 3.63) is 72.9 Å². The van der Waals surface area contributed by atoms with Crippen LogP contribution < -0.4 is 0 Å². The quantitative estimate of drug-likeness (QED) is 0.144. The van der Waals surface area contributed by atoms with Gasteiger partial charge in [-0.15, -0.1) is 0 Å². The van der Waals surface area contributed by atoms with E-state index in [2.05, 4.69) is 79.8 Å². The molecule has 2 nitrogen and oxygen atoms in total. The largest absolute Gasteiger partial charge is 0.465 e. The summed E-state index contributed by atoms with van der Waals surface area (Å²) in [5.41, 5.74) is -0.402. The van der Waals surface area contributed by atoms with E-state index in [0.29, 0.717) is 6.61 Å². The monoisotopic (exact) mass is 412 g/mol. The minimum absolute atomic E-state index is 0.114. The summed E-state index contributed by atoms with van der Waals surface area (Å²) in [7, 11) is 0. The van der Waals surface area contributed by atoms with Gasteiger partial charge < -0.3 is 4.74 Å². The van der Waals surface area contributed by atoms with Crippen LogP contribution in [0.2, 0.25) is 0 Å². The number of hydrogen-bond donors (Lipinski definition) is 0. The van der Waals surface area contributed by atoms with E-state index in [0.717, 1.165) is 57.8 Å². The van der Waals surface area contributed by atoms with E-state index in [9.17, 15) is 4.79 Å². The maximum Gasteiger partial charge on any atom is 0.311 e. The lowest BCUT2D eigenvalue weighted by Crippen LogP contribution is -2.23. The molecule has 0 fully saturated rings. The molecule has 0 saturated carbocycles. The van der Waals surface area contributed by atoms with Crippen LogP contribution in [0.1, 0.15) is 85.5 Å². The second-order valence-electron chi connectivity index (χ2n) is 8.30. The molecule has 0 unspecified atom stereocenters. The summed E-state index contributed by atoms with van der Waals surface area (Å²) in [5, 5.41) is 0. The Morgan fingerprint density at radius 2 is 1.03 bits per heavy atom. The molecule has 0 bridgehead atoms. The molecule has 0 aliphatic carbocycles. The van der Waals surface area contributed by atoms with Gasteiger partial charge in [0.2, 0.25) is 0 Å². The third-order valence-electron chi connectivity index (χ3n) is 4.21. The predicted octanol–water partition coefficient (Wildman–Crippen LogP) is 8.44. The first-order valence-electron chi connectivity index (χ1n) is 11.6. The number of carbonyl (C=O) groups excluding carboxylic acids is 1. The normalized spacial score (nSPS) is 13.3. The first kappa shape index (κ1) is 27.9. The number of hydrogen-bond acceptors (Lipinski definition) is 2. The first-order valence-corrected chi connectivity index (χ1v) is 11.6. The second-order valence-corrected chi connectivity index (χ2v) is 8.30. The SMILES string of the molecule is CC/C=C\C/C=C\C/C=C\C/C=C\C/C=C\C/C=C\CCCCOC(=O)C(C)(C)C. The molecule has 0 aromatic rings. The van der Waals surface area contributed by atoms with Crippen molar-refractivity contribution in [1.82, 2.24) is 0 Å². The van der Waals surface area contributed by atoms with E-state index in [1.807, 2.05) is 20.8 Å². The van der Waals surface area contributed by atoms with Gasteiger partial charge in [-0.2, -0.15) is 0 Å². The van der Waals surface area contributed by atoms with Crippen molar-refractivity contribution in [2.24, 2.45) is 5.41 Å². The fourth-order valence-electron chi connectivity index (χ4n) is 2.39. The number of allylic oxidation sites excluding steroid dienone is 12. The first-order chi connectivity index (χ1) is 14.5. The number of ether oxygens (including phenoxy) is 1. The van der Waals surface area contributed by atoms with Crippen molar-refractivity contribution in [3.8, 4) is 0 Å². The minimum Gasteiger partial charge on any atom is -0.465 e. The Bertz CT molecular complexity index is 580. The molecule has 168 valence electrons. The second kappa shape index (κ2) is 20.2. The van der Waals surface area contributed by atoms with E-state index >= 15 is 0 Å². The molecular formula is C28H44O2. The van der Waals surface area contributed by atoms with Crippen molar-refractivity contribution in [2.75, 3.05) is 6.61 Å². The Balaban J connectivity index is 3.54. The van der Waals surface area contributed by atoms with Crippen LogP contribution in [0.4, 0.5) is 0 Å². The molecule has 2 heteroatoms. The van der Waals surface area contributed by atoms with Gasteiger partial charge in [0.1, 0.15) is 0 Å². The molecule has 0 N–H and O–H groups in total. The van der Waals surface area contributed by atoms with Crippen LogP contribution in [-0.2, 0) is 9.53 Å². The van der Waals surface area contributed by atoms with Crippen molar-refractivity contribution in [2.45, 2.75) is 85.5 Å². The van der Waals surface area contributed by atoms with Crippen molar-refractivity contribution < 1.29 is 9.53 Å². The lowest BCUT2D eigenvalue weighted by atomic mass is 9.97. The molecule has 0 radical (unpaired) electrons. The molecule has 0 saturated heterocycles. The lowest BCUT2D eigenvalue weighted by molar-refractivity contribution is -0.153. The molecular weight excluding hydrogens is 368 g/mol. The minimum atomic E-state index is -0.402. The summed E-state index contributed by atoms with van der Waals surface area (Å²) in [5.74, 6) is -0.114. The van der Waals surface area contributed by atoms with Crippen molar-refractivity contribution in [3.63, 3.8) is 0 Å². The zero-order valence-corrected chi connectivity index (χ0v) is 19.8. The van der Waals surface area contributed by atoms with Crippen LogP contribution in [0.15, 0.2) is 72.9 Å². The van der Waals surface area contributed by atoms with E-state index in [4.69, 9.17) is 4.74 Å². The lowest BCUT2D eigenvalue weighted by Gasteiger charge is -2.16. The summed E-state index contributed by atoms with van der Waals surface area (Å²) >= 11 is 0. The fraction of sp³-hybridized carbons (Fsp3) is 0.536. The highest BCUT2D eigenvalue weighted by Gasteiger charge is 2.22. The molecule has 0 amide bonds. The zero-order chi connectivity index (χ0) is 22.3. The summed E-state index contributed by atoms with van der Waals surface area (Å²) in [6.45, 7) is 8.33. The molecule has 30 heavy (non-hydrogen) atoms. The Morgan fingerprint density at radius 1 is 0.633 bits per heavy atom. The third kappa shape index (κ3) is 20.6. The average Bonchev–Trinajstić information content (AvgIpc) is 2.71. The number of esters is 1. The highest BCUT2D eigenvalue weighted by atomic mass is 16.5. The molecule has 0 aliphatic rings. The number of carbonyl (C=O) groups is 1. The van der Waals surface area contributed by atoms with Gasteiger partial charge in [0.05, 0.1) is 12.0 Å². The van der Waals surface area contributed by atoms with Crippen LogP contribution in [0.3, 0.4) is 0 Å². The Hall–Kier alpha value is -2.09. The van der Waals surface area contributed by atoms with Gasteiger partial charge in [0.15, 0.2) is 0 Å². The van der Waals surface area contributed by atoms with Crippen LogP contribution >= 0.6 is 0 Å². The molecule has 0 atom stereocenters. The van der Waals surface area contributed by atoms with Crippen LogP contribution in [-0.4, -0.2) is 12.6 Å². The Kier molecular flexibility index (Phi) is 18.8. The van der Waals surface area contributed by atoms with Crippen molar-refractivity contribution in [1.29, 1.82) is 0 Å². The van der Waals surface area contributed by atoms with Crippen LogP contribution in [0.25, 0.3) is 0 Å². The highest BCUT2D eigenvalue weighted by molar-refractivity contribution is 5.75. The van der Waals surface area contributed by atoms with E-state index in [1.165, 1.54) is 0 Å². The van der Waals surface area contributed by atoms with Crippen LogP contribution in [0.5, 0.6) is 0 Å². The van der Waals surface area contributed by atoms with Gasteiger partial charge in [0, 0.05) is 0 Å². The molecule has 0 aliphatic heterocycles. The van der Waals surface area contributed by atoms with Crippen molar-refractivity contribution >= 4 is 5.97 Å². The summed E-state index contributed by atoms with van der Waals surface area (Å²) in [6, 6.07) is 0. The summed E-state index contributed by atoms with van der Waals surface area (Å²) < 4.78 is 5.26. The molecule has 0 aromatic carbocycles. The van der Waals surface area contributed by atoms with E-state index in [-0.39, 0.29) is 5.97 Å². The van der Waals surface area contributed by atoms with Gasteiger partial charge in [0.25, 0.3) is 0 Å². The Labute approximate surface area is 186 Å². The van der Waals surface area contributed by atoms with Crippen LogP contribution in [0, 0.1) is 5.41 Å². The van der Waals surface area contributed by atoms with E-state index < -0.39 is 5.41 Å². The van der Waals surface area contributed by atoms with Gasteiger partial charge in [-0.1, -0.05) is 79.8 Å². The number of unbranched alkanes of at least 4 members (excludes halogenated alkanes) is 2. The molecule has 0 aromatic heterocycles. The predicted molar refractivity (Wildman–Crippen MR) is 132 cm³/mol.